The molecule has 1 atom stereocenters. The van der Waals surface area contributed by atoms with Crippen LogP contribution in [0.4, 0.5) is 0 Å². The zero-order valence-corrected chi connectivity index (χ0v) is 11.6. The van der Waals surface area contributed by atoms with Gasteiger partial charge in [-0.3, -0.25) is 4.57 Å². The molecule has 0 aromatic carbocycles. The lowest BCUT2D eigenvalue weighted by Gasteiger charge is -2.32. The topological polar surface area (TPSA) is 21.7 Å². The molecule has 1 heterocycles. The maximum absolute atomic E-state index is 5.95. The Morgan fingerprint density at radius 1 is 1.47 bits per heavy atom. The monoisotopic (exact) mass is 231 g/mol. The van der Waals surface area contributed by atoms with Gasteiger partial charge in [0.1, 0.15) is 0 Å². The van der Waals surface area contributed by atoms with Crippen LogP contribution in [0.2, 0.25) is 6.04 Å². The second-order valence-electron chi connectivity index (χ2n) is 4.70. The van der Waals surface area contributed by atoms with Crippen molar-refractivity contribution in [3.63, 3.8) is 0 Å². The van der Waals surface area contributed by atoms with Crippen molar-refractivity contribution in [2.24, 2.45) is 5.92 Å². The Balaban J connectivity index is 2.59. The van der Waals surface area contributed by atoms with Crippen molar-refractivity contribution >= 4 is 8.72 Å². The lowest BCUT2D eigenvalue weighted by atomic mass is 10.3. The number of nitrogens with zero attached hydrogens (tertiary/aromatic N) is 1. The highest BCUT2D eigenvalue weighted by Crippen LogP contribution is 2.27. The van der Waals surface area contributed by atoms with E-state index in [1.54, 1.807) is 0 Å². The minimum atomic E-state index is -2.00. The predicted molar refractivity (Wildman–Crippen MR) is 64.8 cm³/mol. The van der Waals surface area contributed by atoms with Gasteiger partial charge in [-0.25, -0.2) is 0 Å². The van der Waals surface area contributed by atoms with Crippen LogP contribution < -0.4 is 0 Å². The number of rotatable bonds is 6. The van der Waals surface area contributed by atoms with Crippen molar-refractivity contribution in [2.75, 3.05) is 26.8 Å². The summed E-state index contributed by atoms with van der Waals surface area (Å²) < 4.78 is 14.2. The van der Waals surface area contributed by atoms with E-state index in [1.807, 2.05) is 7.11 Å². The number of hydrogen-bond acceptors (Lipinski definition) is 3. The van der Waals surface area contributed by atoms with E-state index in [9.17, 15) is 0 Å². The molecule has 0 aliphatic carbocycles. The molecule has 1 unspecified atom stereocenters. The minimum absolute atomic E-state index is 0.652. The summed E-state index contributed by atoms with van der Waals surface area (Å²) in [6, 6.07) is 1.09. The Hall–Kier alpha value is 0.0969. The van der Waals surface area contributed by atoms with Gasteiger partial charge in [0.05, 0.1) is 0 Å². The van der Waals surface area contributed by atoms with Gasteiger partial charge in [-0.15, -0.1) is 0 Å². The van der Waals surface area contributed by atoms with Gasteiger partial charge in [0, 0.05) is 26.3 Å². The standard InChI is InChI=1S/C11H25NO2Si/c1-5-6-7-12-8-9-14-15(12,13-4)10-11(2)3/h11H,5-10H2,1-4H3. The molecule has 0 bridgehead atoms. The molecule has 0 saturated carbocycles. The van der Waals surface area contributed by atoms with E-state index in [0.29, 0.717) is 5.92 Å². The Kier molecular flexibility index (Phi) is 5.25. The van der Waals surface area contributed by atoms with Crippen LogP contribution in [0.3, 0.4) is 0 Å². The third-order valence-corrected chi connectivity index (χ3v) is 6.97. The summed E-state index contributed by atoms with van der Waals surface area (Å²) in [5, 5.41) is 0. The highest BCUT2D eigenvalue weighted by Gasteiger charge is 2.48. The first-order valence-electron chi connectivity index (χ1n) is 6.08. The first-order valence-corrected chi connectivity index (χ1v) is 8.06. The summed E-state index contributed by atoms with van der Waals surface area (Å²) in [5.74, 6) is 0.652. The summed E-state index contributed by atoms with van der Waals surface area (Å²) in [6.45, 7) is 9.78. The van der Waals surface area contributed by atoms with Crippen LogP contribution >= 0.6 is 0 Å². The van der Waals surface area contributed by atoms with Crippen molar-refractivity contribution in [3.8, 4) is 0 Å². The number of hydrogen-bond donors (Lipinski definition) is 0. The Morgan fingerprint density at radius 2 is 2.20 bits per heavy atom. The fraction of sp³-hybridized carbons (Fsp3) is 1.00. The van der Waals surface area contributed by atoms with Gasteiger partial charge in [0.2, 0.25) is 0 Å². The Morgan fingerprint density at radius 3 is 2.73 bits per heavy atom. The molecule has 1 rings (SSSR count). The van der Waals surface area contributed by atoms with E-state index >= 15 is 0 Å². The molecule has 3 nitrogen and oxygen atoms in total. The molecule has 0 aromatic heterocycles. The first-order chi connectivity index (χ1) is 7.14. The Bertz CT molecular complexity index is 189. The molecular weight excluding hydrogens is 206 g/mol. The fourth-order valence-electron chi connectivity index (χ4n) is 2.18. The lowest BCUT2D eigenvalue weighted by molar-refractivity contribution is 0.205. The van der Waals surface area contributed by atoms with Crippen LogP contribution in [0.5, 0.6) is 0 Å². The van der Waals surface area contributed by atoms with Crippen molar-refractivity contribution in [1.82, 2.24) is 4.57 Å². The van der Waals surface area contributed by atoms with Gasteiger partial charge in [0.15, 0.2) is 0 Å². The van der Waals surface area contributed by atoms with Crippen LogP contribution in [0.25, 0.3) is 0 Å². The van der Waals surface area contributed by atoms with E-state index in [0.717, 1.165) is 25.7 Å². The molecular formula is C11H25NO2Si. The quantitative estimate of drug-likeness (QED) is 0.655. The molecule has 0 spiro atoms. The van der Waals surface area contributed by atoms with Crippen LogP contribution in [0.1, 0.15) is 33.6 Å². The molecule has 0 aromatic rings. The molecule has 1 fully saturated rings. The second kappa shape index (κ2) is 5.99. The van der Waals surface area contributed by atoms with Gasteiger partial charge in [-0.1, -0.05) is 27.2 Å². The highest BCUT2D eigenvalue weighted by molar-refractivity contribution is 6.65. The maximum atomic E-state index is 5.95. The highest BCUT2D eigenvalue weighted by atomic mass is 28.4. The number of unbranched alkanes of at least 4 members (excludes halogenated alkanes) is 1. The van der Waals surface area contributed by atoms with Crippen molar-refractivity contribution in [1.29, 1.82) is 0 Å². The van der Waals surface area contributed by atoms with E-state index in [2.05, 4.69) is 25.3 Å². The van der Waals surface area contributed by atoms with Crippen molar-refractivity contribution < 1.29 is 8.85 Å². The molecule has 1 aliphatic heterocycles. The average Bonchev–Trinajstić information content (AvgIpc) is 2.58. The molecule has 90 valence electrons. The third kappa shape index (κ3) is 3.28. The van der Waals surface area contributed by atoms with Crippen LogP contribution in [0.15, 0.2) is 0 Å². The largest absolute Gasteiger partial charge is 0.427 e. The summed E-state index contributed by atoms with van der Waals surface area (Å²) in [4.78, 5) is 0. The van der Waals surface area contributed by atoms with Gasteiger partial charge < -0.3 is 8.85 Å². The zero-order chi connectivity index (χ0) is 11.3. The fourth-order valence-corrected chi connectivity index (χ4v) is 5.66. The third-order valence-electron chi connectivity index (χ3n) is 2.94. The SMILES string of the molecule is CCCCN1CCO[Si]1(CC(C)C)OC. The molecule has 0 N–H and O–H groups in total. The molecule has 15 heavy (non-hydrogen) atoms. The first kappa shape index (κ1) is 13.2. The predicted octanol–water partition coefficient (Wildman–Crippen LogP) is 2.36. The van der Waals surface area contributed by atoms with Crippen molar-refractivity contribution in [2.45, 2.75) is 39.7 Å². The summed E-state index contributed by atoms with van der Waals surface area (Å²) in [6.07, 6.45) is 2.49. The normalized spacial score (nSPS) is 27.8. The van der Waals surface area contributed by atoms with Crippen LogP contribution in [0, 0.1) is 5.92 Å². The minimum Gasteiger partial charge on any atom is -0.386 e. The zero-order valence-electron chi connectivity index (χ0n) is 10.6. The van der Waals surface area contributed by atoms with E-state index in [-0.39, 0.29) is 0 Å². The van der Waals surface area contributed by atoms with Crippen molar-refractivity contribution in [3.05, 3.63) is 0 Å². The molecule has 1 aliphatic rings. The van der Waals surface area contributed by atoms with Crippen LogP contribution in [-0.2, 0) is 8.85 Å². The molecule has 1 saturated heterocycles. The van der Waals surface area contributed by atoms with Crippen LogP contribution in [-0.4, -0.2) is 40.1 Å². The smallest absolute Gasteiger partial charge is 0.386 e. The molecule has 0 amide bonds. The molecule has 4 heteroatoms. The van der Waals surface area contributed by atoms with E-state index in [4.69, 9.17) is 8.85 Å². The summed E-state index contributed by atoms with van der Waals surface area (Å²) >= 11 is 0. The van der Waals surface area contributed by atoms with E-state index < -0.39 is 8.72 Å². The van der Waals surface area contributed by atoms with Gasteiger partial charge >= 0.3 is 8.72 Å². The average molecular weight is 231 g/mol. The van der Waals surface area contributed by atoms with Gasteiger partial charge in [-0.2, -0.15) is 0 Å². The van der Waals surface area contributed by atoms with Gasteiger partial charge in [0.25, 0.3) is 0 Å². The van der Waals surface area contributed by atoms with E-state index in [1.165, 1.54) is 12.8 Å². The second-order valence-corrected chi connectivity index (χ2v) is 7.87. The summed E-state index contributed by atoms with van der Waals surface area (Å²) in [5.41, 5.74) is 0. The summed E-state index contributed by atoms with van der Waals surface area (Å²) in [7, 11) is -0.184. The lowest BCUT2D eigenvalue weighted by Crippen LogP contribution is -2.53. The Labute approximate surface area is 95.1 Å². The molecule has 0 radical (unpaired) electrons. The maximum Gasteiger partial charge on any atom is 0.427 e. The van der Waals surface area contributed by atoms with Gasteiger partial charge in [-0.05, 0) is 18.9 Å².